The van der Waals surface area contributed by atoms with E-state index in [1.807, 2.05) is 9.80 Å². The Morgan fingerprint density at radius 3 is 2.00 bits per heavy atom. The van der Waals surface area contributed by atoms with Crippen LogP contribution in [0, 0.1) is 11.8 Å². The minimum atomic E-state index is -0.107. The van der Waals surface area contributed by atoms with Gasteiger partial charge in [0.1, 0.15) is 0 Å². The third-order valence-corrected chi connectivity index (χ3v) is 8.61. The summed E-state index contributed by atoms with van der Waals surface area (Å²) < 4.78 is 5.38. The number of carbonyl (C=O) groups excluding carboxylic acids is 2. The van der Waals surface area contributed by atoms with Crippen LogP contribution >= 0.6 is 0 Å². The molecule has 0 N–H and O–H groups in total. The Balaban J connectivity index is 2.68. The van der Waals surface area contributed by atoms with Crippen LogP contribution in [0.25, 0.3) is 0 Å². The molecule has 0 aromatic carbocycles. The molecule has 0 aromatic rings. The molecule has 1 heterocycles. The zero-order valence-electron chi connectivity index (χ0n) is 23.2. The average Bonchev–Trinajstić information content (AvgIpc) is 2.76. The first-order valence-corrected chi connectivity index (χ1v) is 12.8. The van der Waals surface area contributed by atoms with Gasteiger partial charge in [0.2, 0.25) is 11.8 Å². The van der Waals surface area contributed by atoms with Crippen molar-refractivity contribution in [2.45, 2.75) is 78.3 Å². The SMILES string of the molecule is CCN(CCCC(C)(C(C)CC(=O)N1CCOCC1)N(C)C)C(=O)CC(C)C(C)(C)N(C)C. The number of amides is 2. The molecule has 0 radical (unpaired) electrons. The third-order valence-electron chi connectivity index (χ3n) is 8.61. The summed E-state index contributed by atoms with van der Waals surface area (Å²) in [6.07, 6.45) is 2.98. The van der Waals surface area contributed by atoms with E-state index in [-0.39, 0.29) is 34.7 Å². The molecule has 0 aromatic heterocycles. The zero-order chi connectivity index (χ0) is 25.4. The Labute approximate surface area is 203 Å². The molecule has 0 saturated carbocycles. The number of ether oxygens (including phenoxy) is 1. The molecule has 0 spiro atoms. The molecule has 0 aliphatic carbocycles. The Kier molecular flexibility index (Phi) is 11.8. The molecule has 7 nitrogen and oxygen atoms in total. The van der Waals surface area contributed by atoms with Crippen molar-refractivity contribution < 1.29 is 14.3 Å². The maximum Gasteiger partial charge on any atom is 0.223 e. The summed E-state index contributed by atoms with van der Waals surface area (Å²) in [5.74, 6) is 0.950. The number of nitrogens with zero attached hydrogens (tertiary/aromatic N) is 4. The van der Waals surface area contributed by atoms with Gasteiger partial charge in [-0.25, -0.2) is 0 Å². The van der Waals surface area contributed by atoms with Crippen LogP contribution in [0.2, 0.25) is 0 Å². The normalized spacial score (nSPS) is 18.8. The fraction of sp³-hybridized carbons (Fsp3) is 0.923. The number of hydrogen-bond donors (Lipinski definition) is 0. The maximum atomic E-state index is 13.0. The lowest BCUT2D eigenvalue weighted by atomic mass is 9.79. The lowest BCUT2D eigenvalue weighted by Gasteiger charge is -2.43. The van der Waals surface area contributed by atoms with E-state index in [0.29, 0.717) is 39.1 Å². The van der Waals surface area contributed by atoms with Crippen LogP contribution in [0.4, 0.5) is 0 Å². The van der Waals surface area contributed by atoms with E-state index in [1.165, 1.54) is 0 Å². The minimum absolute atomic E-state index is 0.0268. The molecule has 2 amide bonds. The van der Waals surface area contributed by atoms with Crippen LogP contribution in [0.3, 0.4) is 0 Å². The molecule has 1 aliphatic rings. The van der Waals surface area contributed by atoms with Crippen molar-refractivity contribution >= 4 is 11.8 Å². The first-order chi connectivity index (χ1) is 15.3. The topological polar surface area (TPSA) is 56.3 Å². The number of hydrogen-bond acceptors (Lipinski definition) is 5. The van der Waals surface area contributed by atoms with Gasteiger partial charge in [-0.15, -0.1) is 0 Å². The van der Waals surface area contributed by atoms with Gasteiger partial charge in [0.15, 0.2) is 0 Å². The number of rotatable bonds is 13. The van der Waals surface area contributed by atoms with E-state index in [9.17, 15) is 9.59 Å². The van der Waals surface area contributed by atoms with Gasteiger partial charge in [-0.3, -0.25) is 9.59 Å². The highest BCUT2D eigenvalue weighted by atomic mass is 16.5. The van der Waals surface area contributed by atoms with Gasteiger partial charge in [-0.2, -0.15) is 0 Å². The van der Waals surface area contributed by atoms with Gasteiger partial charge in [-0.05, 0) is 80.6 Å². The van der Waals surface area contributed by atoms with Crippen molar-refractivity contribution in [3.63, 3.8) is 0 Å². The first kappa shape index (κ1) is 29.9. The van der Waals surface area contributed by atoms with E-state index in [1.54, 1.807) is 0 Å². The fourth-order valence-electron chi connectivity index (χ4n) is 4.50. The van der Waals surface area contributed by atoms with Crippen LogP contribution in [-0.4, -0.2) is 110 Å². The van der Waals surface area contributed by atoms with Gasteiger partial charge in [0.05, 0.1) is 13.2 Å². The standard InChI is InChI=1S/C26H52N4O3/c1-11-29(23(31)19-21(2)25(4,5)27(7)8)14-12-13-26(6,28(9)10)22(3)20-24(32)30-15-17-33-18-16-30/h21-22H,11-20H2,1-10H3. The van der Waals surface area contributed by atoms with Crippen molar-refractivity contribution in [2.75, 3.05) is 67.6 Å². The molecule has 1 fully saturated rings. The van der Waals surface area contributed by atoms with E-state index in [0.717, 1.165) is 25.9 Å². The molecular formula is C26H52N4O3. The molecule has 1 aliphatic heterocycles. The second-order valence-corrected chi connectivity index (χ2v) is 11.1. The van der Waals surface area contributed by atoms with Gasteiger partial charge in [0.25, 0.3) is 0 Å². The second kappa shape index (κ2) is 13.1. The first-order valence-electron chi connectivity index (χ1n) is 12.8. The number of morpholine rings is 1. The molecule has 7 heteroatoms. The smallest absolute Gasteiger partial charge is 0.223 e. The highest BCUT2D eigenvalue weighted by Gasteiger charge is 2.36. The van der Waals surface area contributed by atoms with Crippen LogP contribution in [0.15, 0.2) is 0 Å². The monoisotopic (exact) mass is 468 g/mol. The maximum absolute atomic E-state index is 13.0. The summed E-state index contributed by atoms with van der Waals surface area (Å²) >= 11 is 0. The van der Waals surface area contributed by atoms with E-state index >= 15 is 0 Å². The second-order valence-electron chi connectivity index (χ2n) is 11.1. The predicted octanol–water partition coefficient (Wildman–Crippen LogP) is 3.19. The quantitative estimate of drug-likeness (QED) is 0.416. The molecule has 3 atom stereocenters. The molecule has 1 saturated heterocycles. The van der Waals surface area contributed by atoms with Gasteiger partial charge in [0, 0.05) is 50.1 Å². The van der Waals surface area contributed by atoms with Crippen LogP contribution in [0.1, 0.15) is 67.2 Å². The Bertz CT molecular complexity index is 617. The van der Waals surface area contributed by atoms with Crippen molar-refractivity contribution in [3.05, 3.63) is 0 Å². The Hall–Kier alpha value is -1.18. The minimum Gasteiger partial charge on any atom is -0.378 e. The zero-order valence-corrected chi connectivity index (χ0v) is 23.2. The summed E-state index contributed by atoms with van der Waals surface area (Å²) in [5.41, 5.74) is -0.133. The lowest BCUT2D eigenvalue weighted by molar-refractivity contribution is -0.137. The molecule has 33 heavy (non-hydrogen) atoms. The summed E-state index contributed by atoms with van der Waals surface area (Å²) in [6, 6.07) is 0. The summed E-state index contributed by atoms with van der Waals surface area (Å²) in [5, 5.41) is 0. The summed E-state index contributed by atoms with van der Waals surface area (Å²) in [7, 11) is 8.35. The van der Waals surface area contributed by atoms with Gasteiger partial charge in [-0.1, -0.05) is 13.8 Å². The van der Waals surface area contributed by atoms with Gasteiger partial charge < -0.3 is 24.3 Å². The van der Waals surface area contributed by atoms with Crippen molar-refractivity contribution in [2.24, 2.45) is 11.8 Å². The molecule has 194 valence electrons. The van der Waals surface area contributed by atoms with Gasteiger partial charge >= 0.3 is 0 Å². The van der Waals surface area contributed by atoms with Crippen molar-refractivity contribution in [3.8, 4) is 0 Å². The Morgan fingerprint density at radius 1 is 0.939 bits per heavy atom. The van der Waals surface area contributed by atoms with Crippen molar-refractivity contribution in [1.82, 2.24) is 19.6 Å². The van der Waals surface area contributed by atoms with E-state index in [2.05, 4.69) is 79.5 Å². The molecule has 3 unspecified atom stereocenters. The van der Waals surface area contributed by atoms with Crippen molar-refractivity contribution in [1.29, 1.82) is 0 Å². The average molecular weight is 469 g/mol. The molecular weight excluding hydrogens is 416 g/mol. The Morgan fingerprint density at radius 2 is 1.52 bits per heavy atom. The largest absolute Gasteiger partial charge is 0.378 e. The lowest BCUT2D eigenvalue weighted by Crippen LogP contribution is -2.50. The summed E-state index contributed by atoms with van der Waals surface area (Å²) in [4.78, 5) is 34.2. The van der Waals surface area contributed by atoms with Crippen LogP contribution < -0.4 is 0 Å². The van der Waals surface area contributed by atoms with Crippen LogP contribution in [-0.2, 0) is 14.3 Å². The summed E-state index contributed by atoms with van der Waals surface area (Å²) in [6.45, 7) is 17.2. The van der Waals surface area contributed by atoms with E-state index < -0.39 is 0 Å². The van der Waals surface area contributed by atoms with E-state index in [4.69, 9.17) is 4.74 Å². The molecule has 1 rings (SSSR count). The fourth-order valence-corrected chi connectivity index (χ4v) is 4.50. The number of carbonyl (C=O) groups is 2. The third kappa shape index (κ3) is 8.22. The predicted molar refractivity (Wildman–Crippen MR) is 136 cm³/mol. The van der Waals surface area contributed by atoms with Crippen LogP contribution in [0.5, 0.6) is 0 Å². The molecule has 0 bridgehead atoms. The highest BCUT2D eigenvalue weighted by Crippen LogP contribution is 2.31. The highest BCUT2D eigenvalue weighted by molar-refractivity contribution is 5.77.